The molecule has 1 aromatic rings. The van der Waals surface area contributed by atoms with E-state index in [0.717, 1.165) is 25.7 Å². The summed E-state index contributed by atoms with van der Waals surface area (Å²) in [5.74, 6) is 0.658. The van der Waals surface area contributed by atoms with Crippen molar-refractivity contribution in [2.24, 2.45) is 5.73 Å². The van der Waals surface area contributed by atoms with Gasteiger partial charge in [-0.25, -0.2) is 0 Å². The van der Waals surface area contributed by atoms with E-state index < -0.39 is 0 Å². The number of benzene rings is 1. The molecular weight excluding hydrogens is 260 g/mol. The predicted octanol–water partition coefficient (Wildman–Crippen LogP) is 3.43. The van der Waals surface area contributed by atoms with Gasteiger partial charge in [-0.05, 0) is 36.3 Å². The highest BCUT2D eigenvalue weighted by Gasteiger charge is 2.34. The number of nitrogens with zero attached hydrogens (tertiary/aromatic N) is 1. The van der Waals surface area contributed by atoms with Crippen LogP contribution in [0.1, 0.15) is 63.5 Å². The molecule has 1 aliphatic carbocycles. The number of carbonyl (C=O) groups excluding carboxylic acids is 1. The first-order chi connectivity index (χ1) is 10.0. The maximum absolute atomic E-state index is 12.5. The molecule has 1 unspecified atom stereocenters. The van der Waals surface area contributed by atoms with Gasteiger partial charge < -0.3 is 10.6 Å². The molecular formula is C18H28N2O. The van der Waals surface area contributed by atoms with Crippen LogP contribution in [-0.2, 0) is 11.3 Å². The summed E-state index contributed by atoms with van der Waals surface area (Å²) < 4.78 is 0. The molecule has 0 radical (unpaired) electrons. The van der Waals surface area contributed by atoms with Crippen molar-refractivity contribution >= 4 is 5.91 Å². The minimum absolute atomic E-state index is 0.118. The molecule has 1 aliphatic rings. The van der Waals surface area contributed by atoms with Crippen LogP contribution in [0.2, 0.25) is 0 Å². The molecule has 3 nitrogen and oxygen atoms in total. The van der Waals surface area contributed by atoms with Gasteiger partial charge in [0.25, 0.3) is 0 Å². The van der Waals surface area contributed by atoms with Crippen molar-refractivity contribution < 1.29 is 4.79 Å². The van der Waals surface area contributed by atoms with Crippen molar-refractivity contribution in [3.8, 4) is 0 Å². The van der Waals surface area contributed by atoms with Gasteiger partial charge >= 0.3 is 0 Å². The molecule has 1 atom stereocenters. The third-order valence-corrected chi connectivity index (χ3v) is 4.19. The van der Waals surface area contributed by atoms with E-state index in [2.05, 4.69) is 45.0 Å². The first-order valence-electron chi connectivity index (χ1n) is 8.17. The highest BCUT2D eigenvalue weighted by molar-refractivity contribution is 5.82. The lowest BCUT2D eigenvalue weighted by Crippen LogP contribution is -2.44. The predicted molar refractivity (Wildman–Crippen MR) is 87.0 cm³/mol. The van der Waals surface area contributed by atoms with Crippen LogP contribution in [-0.4, -0.2) is 22.9 Å². The first kappa shape index (κ1) is 16.0. The van der Waals surface area contributed by atoms with E-state index in [1.54, 1.807) is 0 Å². The first-order valence-corrected chi connectivity index (χ1v) is 8.17. The molecule has 0 aliphatic heterocycles. The fourth-order valence-electron chi connectivity index (χ4n) is 2.63. The fourth-order valence-corrected chi connectivity index (χ4v) is 2.63. The Morgan fingerprint density at radius 2 is 1.90 bits per heavy atom. The summed E-state index contributed by atoms with van der Waals surface area (Å²) in [4.78, 5) is 14.5. The molecule has 0 bridgehead atoms. The van der Waals surface area contributed by atoms with Crippen molar-refractivity contribution in [2.45, 2.75) is 71.0 Å². The standard InChI is InChI=1S/C18H28N2O/c1-4-5-17(19)18(21)20(16-10-11-16)12-14-6-8-15(9-7-14)13(2)3/h6-9,13,16-17H,4-5,10-12,19H2,1-3H3. The number of carbonyl (C=O) groups is 1. The molecule has 0 saturated heterocycles. The van der Waals surface area contributed by atoms with Gasteiger partial charge in [-0.15, -0.1) is 0 Å². The van der Waals surface area contributed by atoms with Gasteiger partial charge in [-0.3, -0.25) is 4.79 Å². The lowest BCUT2D eigenvalue weighted by molar-refractivity contribution is -0.134. The Hall–Kier alpha value is -1.35. The Balaban J connectivity index is 2.04. The Labute approximate surface area is 128 Å². The quantitative estimate of drug-likeness (QED) is 0.835. The van der Waals surface area contributed by atoms with Gasteiger partial charge in [0.15, 0.2) is 0 Å². The second-order valence-electron chi connectivity index (χ2n) is 6.49. The minimum atomic E-state index is -0.342. The fraction of sp³-hybridized carbons (Fsp3) is 0.611. The van der Waals surface area contributed by atoms with E-state index in [4.69, 9.17) is 5.73 Å². The van der Waals surface area contributed by atoms with Crippen LogP contribution in [0, 0.1) is 0 Å². The molecule has 2 N–H and O–H groups in total. The number of amides is 1. The zero-order chi connectivity index (χ0) is 15.4. The average molecular weight is 288 g/mol. The van der Waals surface area contributed by atoms with Crippen molar-refractivity contribution in [2.75, 3.05) is 0 Å². The van der Waals surface area contributed by atoms with Crippen molar-refractivity contribution in [3.63, 3.8) is 0 Å². The van der Waals surface area contributed by atoms with Gasteiger partial charge in [-0.2, -0.15) is 0 Å². The van der Waals surface area contributed by atoms with Crippen molar-refractivity contribution in [1.82, 2.24) is 4.90 Å². The SMILES string of the molecule is CCCC(N)C(=O)N(Cc1ccc(C(C)C)cc1)C1CC1. The van der Waals surface area contributed by atoms with Crippen LogP contribution in [0.5, 0.6) is 0 Å². The second kappa shape index (κ2) is 7.08. The van der Waals surface area contributed by atoms with Crippen LogP contribution < -0.4 is 5.73 Å². The van der Waals surface area contributed by atoms with Crippen LogP contribution in [0.15, 0.2) is 24.3 Å². The van der Waals surface area contributed by atoms with Crippen molar-refractivity contribution in [1.29, 1.82) is 0 Å². The van der Waals surface area contributed by atoms with Gasteiger partial charge in [0.2, 0.25) is 5.91 Å². The Bertz CT molecular complexity index is 463. The summed E-state index contributed by atoms with van der Waals surface area (Å²) in [5.41, 5.74) is 8.56. The van der Waals surface area contributed by atoms with Gasteiger partial charge in [0, 0.05) is 12.6 Å². The molecule has 2 rings (SSSR count). The van der Waals surface area contributed by atoms with E-state index in [1.165, 1.54) is 11.1 Å². The summed E-state index contributed by atoms with van der Waals surface area (Å²) in [7, 11) is 0. The van der Waals surface area contributed by atoms with Gasteiger partial charge in [0.1, 0.15) is 0 Å². The Morgan fingerprint density at radius 3 is 2.38 bits per heavy atom. The van der Waals surface area contributed by atoms with E-state index >= 15 is 0 Å². The summed E-state index contributed by atoms with van der Waals surface area (Å²) in [6, 6.07) is 8.69. The van der Waals surface area contributed by atoms with Gasteiger partial charge in [-0.1, -0.05) is 51.5 Å². The minimum Gasteiger partial charge on any atom is -0.334 e. The number of nitrogens with two attached hydrogens (primary N) is 1. The van der Waals surface area contributed by atoms with Crippen LogP contribution in [0.4, 0.5) is 0 Å². The molecule has 3 heteroatoms. The van der Waals surface area contributed by atoms with E-state index in [-0.39, 0.29) is 11.9 Å². The smallest absolute Gasteiger partial charge is 0.240 e. The summed E-state index contributed by atoms with van der Waals surface area (Å²) in [6.45, 7) is 7.15. The lowest BCUT2D eigenvalue weighted by Gasteiger charge is -2.26. The Kier molecular flexibility index (Phi) is 5.40. The third-order valence-electron chi connectivity index (χ3n) is 4.19. The normalized spacial score (nSPS) is 16.0. The average Bonchev–Trinajstić information content (AvgIpc) is 3.29. The van der Waals surface area contributed by atoms with Gasteiger partial charge in [0.05, 0.1) is 6.04 Å². The van der Waals surface area contributed by atoms with E-state index in [0.29, 0.717) is 18.5 Å². The lowest BCUT2D eigenvalue weighted by atomic mass is 10.0. The maximum Gasteiger partial charge on any atom is 0.240 e. The summed E-state index contributed by atoms with van der Waals surface area (Å²) >= 11 is 0. The van der Waals surface area contributed by atoms with Crippen LogP contribution in [0.3, 0.4) is 0 Å². The van der Waals surface area contributed by atoms with Crippen LogP contribution >= 0.6 is 0 Å². The van der Waals surface area contributed by atoms with Crippen molar-refractivity contribution in [3.05, 3.63) is 35.4 Å². The van der Waals surface area contributed by atoms with E-state index in [1.807, 2.05) is 4.90 Å². The molecule has 1 aromatic carbocycles. The van der Waals surface area contributed by atoms with E-state index in [9.17, 15) is 4.79 Å². The number of hydrogen-bond acceptors (Lipinski definition) is 2. The van der Waals surface area contributed by atoms with Crippen LogP contribution in [0.25, 0.3) is 0 Å². The number of hydrogen-bond donors (Lipinski definition) is 1. The summed E-state index contributed by atoms with van der Waals surface area (Å²) in [5, 5.41) is 0. The molecule has 116 valence electrons. The highest BCUT2D eigenvalue weighted by Crippen LogP contribution is 2.29. The molecule has 0 aromatic heterocycles. The topological polar surface area (TPSA) is 46.3 Å². The third kappa shape index (κ3) is 4.31. The number of rotatable bonds is 7. The zero-order valence-corrected chi connectivity index (χ0v) is 13.5. The maximum atomic E-state index is 12.5. The molecule has 21 heavy (non-hydrogen) atoms. The molecule has 0 heterocycles. The second-order valence-corrected chi connectivity index (χ2v) is 6.49. The highest BCUT2D eigenvalue weighted by atomic mass is 16.2. The largest absolute Gasteiger partial charge is 0.334 e. The Morgan fingerprint density at radius 1 is 1.29 bits per heavy atom. The summed E-state index contributed by atoms with van der Waals surface area (Å²) in [6.07, 6.45) is 3.96. The molecule has 0 spiro atoms. The monoisotopic (exact) mass is 288 g/mol. The molecule has 1 amide bonds. The molecule has 1 saturated carbocycles. The molecule has 1 fully saturated rings. The zero-order valence-electron chi connectivity index (χ0n) is 13.5.